The molecule has 0 saturated carbocycles. The summed E-state index contributed by atoms with van der Waals surface area (Å²) >= 11 is 0. The summed E-state index contributed by atoms with van der Waals surface area (Å²) in [4.78, 5) is 12.9. The summed E-state index contributed by atoms with van der Waals surface area (Å²) in [6.45, 7) is 9.95. The molecule has 0 aliphatic carbocycles. The predicted molar refractivity (Wildman–Crippen MR) is 129 cm³/mol. The van der Waals surface area contributed by atoms with Gasteiger partial charge in [0.15, 0.2) is 0 Å². The molecular formula is C26H34BNO5. The van der Waals surface area contributed by atoms with E-state index in [0.717, 1.165) is 29.4 Å². The number of nitrogens with one attached hydrogen (secondary N) is 1. The fourth-order valence-corrected chi connectivity index (χ4v) is 4.03. The maximum atomic E-state index is 12.9. The fourth-order valence-electron chi connectivity index (χ4n) is 4.03. The number of amides is 1. The fraction of sp³-hybridized carbons (Fsp3) is 0.500. The highest BCUT2D eigenvalue weighted by Crippen LogP contribution is 2.36. The third-order valence-corrected chi connectivity index (χ3v) is 6.78. The third-order valence-electron chi connectivity index (χ3n) is 6.78. The van der Waals surface area contributed by atoms with Crippen molar-refractivity contribution in [3.05, 3.63) is 59.7 Å². The van der Waals surface area contributed by atoms with E-state index in [0.29, 0.717) is 25.6 Å². The van der Waals surface area contributed by atoms with Crippen LogP contribution in [0, 0.1) is 0 Å². The maximum absolute atomic E-state index is 12.9. The summed E-state index contributed by atoms with van der Waals surface area (Å²) < 4.78 is 24.0. The molecule has 2 aliphatic rings. The summed E-state index contributed by atoms with van der Waals surface area (Å²) in [5, 5.41) is 3.15. The maximum Gasteiger partial charge on any atom is 0.494 e. The number of ether oxygens (including phenoxy) is 2. The zero-order valence-corrected chi connectivity index (χ0v) is 20.1. The van der Waals surface area contributed by atoms with Crippen molar-refractivity contribution in [1.29, 1.82) is 0 Å². The van der Waals surface area contributed by atoms with E-state index < -0.39 is 18.3 Å². The van der Waals surface area contributed by atoms with Gasteiger partial charge in [-0.25, -0.2) is 0 Å². The van der Waals surface area contributed by atoms with Gasteiger partial charge in [-0.15, -0.1) is 0 Å². The molecular weight excluding hydrogens is 417 g/mol. The Balaban J connectivity index is 1.53. The van der Waals surface area contributed by atoms with Gasteiger partial charge in [0.2, 0.25) is 5.91 Å². The third kappa shape index (κ3) is 5.78. The summed E-state index contributed by atoms with van der Waals surface area (Å²) in [6.07, 6.45) is 1.92. The van der Waals surface area contributed by atoms with Crippen LogP contribution in [0.5, 0.6) is 5.75 Å². The largest absolute Gasteiger partial charge is 0.494 e. The highest BCUT2D eigenvalue weighted by molar-refractivity contribution is 6.62. The standard InChI is InChI=1S/C26H34BNO5/c1-25(2)26(3,4)33-27(32-25)21-10-11-23(31-18-19-8-6-5-7-9-19)20(16-21)17-24(29)28-22-12-14-30-15-13-22/h5-11,16,22H,12-15,17-18H2,1-4H3,(H,28,29). The molecule has 2 aromatic rings. The van der Waals surface area contributed by atoms with Gasteiger partial charge in [0.1, 0.15) is 12.4 Å². The van der Waals surface area contributed by atoms with Crippen molar-refractivity contribution in [2.75, 3.05) is 13.2 Å². The molecule has 2 heterocycles. The lowest BCUT2D eigenvalue weighted by Crippen LogP contribution is -2.41. The Bertz CT molecular complexity index is 940. The molecule has 6 nitrogen and oxygen atoms in total. The van der Waals surface area contributed by atoms with Crippen molar-refractivity contribution in [2.24, 2.45) is 0 Å². The zero-order valence-electron chi connectivity index (χ0n) is 20.1. The second-order valence-electron chi connectivity index (χ2n) is 9.86. The molecule has 0 spiro atoms. The highest BCUT2D eigenvalue weighted by Gasteiger charge is 2.51. The van der Waals surface area contributed by atoms with Crippen LogP contribution in [-0.2, 0) is 31.9 Å². The van der Waals surface area contributed by atoms with Crippen molar-refractivity contribution in [3.63, 3.8) is 0 Å². The lowest BCUT2D eigenvalue weighted by Gasteiger charge is -2.32. The molecule has 4 rings (SSSR count). The summed E-state index contributed by atoms with van der Waals surface area (Å²) in [5.74, 6) is 0.679. The minimum Gasteiger partial charge on any atom is -0.489 e. The van der Waals surface area contributed by atoms with E-state index in [1.807, 2.05) is 76.2 Å². The Hall–Kier alpha value is -2.35. The quantitative estimate of drug-likeness (QED) is 0.654. The Labute approximate surface area is 197 Å². The van der Waals surface area contributed by atoms with Gasteiger partial charge in [-0.05, 0) is 57.6 Å². The monoisotopic (exact) mass is 451 g/mol. The van der Waals surface area contributed by atoms with E-state index in [1.165, 1.54) is 0 Å². The van der Waals surface area contributed by atoms with Gasteiger partial charge in [0.25, 0.3) is 0 Å². The van der Waals surface area contributed by atoms with Gasteiger partial charge in [0.05, 0.1) is 17.6 Å². The van der Waals surface area contributed by atoms with Crippen LogP contribution in [0.4, 0.5) is 0 Å². The van der Waals surface area contributed by atoms with Crippen LogP contribution in [0.3, 0.4) is 0 Å². The first-order valence-electron chi connectivity index (χ1n) is 11.8. The van der Waals surface area contributed by atoms with Crippen LogP contribution in [-0.4, -0.2) is 43.5 Å². The second-order valence-corrected chi connectivity index (χ2v) is 9.86. The van der Waals surface area contributed by atoms with Crippen molar-refractivity contribution >= 4 is 18.5 Å². The van der Waals surface area contributed by atoms with E-state index >= 15 is 0 Å². The lowest BCUT2D eigenvalue weighted by molar-refractivity contribution is -0.121. The van der Waals surface area contributed by atoms with Crippen molar-refractivity contribution in [2.45, 2.75) is 70.8 Å². The van der Waals surface area contributed by atoms with E-state index in [9.17, 15) is 4.79 Å². The minimum atomic E-state index is -0.490. The topological polar surface area (TPSA) is 66.0 Å². The molecule has 0 bridgehead atoms. The molecule has 0 aromatic heterocycles. The Morgan fingerprint density at radius 3 is 2.36 bits per heavy atom. The molecule has 176 valence electrons. The molecule has 2 saturated heterocycles. The zero-order chi connectivity index (χ0) is 23.5. The van der Waals surface area contributed by atoms with Crippen molar-refractivity contribution < 1.29 is 23.6 Å². The number of benzene rings is 2. The van der Waals surface area contributed by atoms with Crippen LogP contribution in [0.1, 0.15) is 51.7 Å². The second kappa shape index (κ2) is 9.88. The first-order chi connectivity index (χ1) is 15.7. The van der Waals surface area contributed by atoms with Crippen LogP contribution in [0.25, 0.3) is 0 Å². The number of carbonyl (C=O) groups is 1. The normalized spacial score (nSPS) is 19.9. The van der Waals surface area contributed by atoms with Gasteiger partial charge in [-0.1, -0.05) is 42.5 Å². The Morgan fingerprint density at radius 1 is 1.03 bits per heavy atom. The number of hydrogen-bond donors (Lipinski definition) is 1. The van der Waals surface area contributed by atoms with E-state index in [4.69, 9.17) is 18.8 Å². The molecule has 1 amide bonds. The van der Waals surface area contributed by atoms with Crippen LogP contribution < -0.4 is 15.5 Å². The van der Waals surface area contributed by atoms with Crippen LogP contribution in [0.2, 0.25) is 0 Å². The SMILES string of the molecule is CC1(C)OB(c2ccc(OCc3ccccc3)c(CC(=O)NC3CCOCC3)c2)OC1(C)C. The molecule has 2 aliphatic heterocycles. The summed E-state index contributed by atoms with van der Waals surface area (Å²) in [7, 11) is -0.490. The predicted octanol–water partition coefficient (Wildman–Crippen LogP) is 3.40. The highest BCUT2D eigenvalue weighted by atomic mass is 16.7. The minimum absolute atomic E-state index is 0.0162. The summed E-state index contributed by atoms with van der Waals surface area (Å²) in [6, 6.07) is 16.0. The summed E-state index contributed by atoms with van der Waals surface area (Å²) in [5.41, 5.74) is 1.92. The average Bonchev–Trinajstić information content (AvgIpc) is 3.01. The number of hydrogen-bond acceptors (Lipinski definition) is 5. The molecule has 1 N–H and O–H groups in total. The molecule has 0 unspecified atom stereocenters. The molecule has 0 atom stereocenters. The number of rotatable bonds is 7. The average molecular weight is 451 g/mol. The molecule has 0 radical (unpaired) electrons. The van der Waals surface area contributed by atoms with Crippen LogP contribution in [0.15, 0.2) is 48.5 Å². The lowest BCUT2D eigenvalue weighted by atomic mass is 9.78. The number of carbonyl (C=O) groups excluding carboxylic acids is 1. The molecule has 2 fully saturated rings. The van der Waals surface area contributed by atoms with Crippen molar-refractivity contribution in [3.8, 4) is 5.75 Å². The van der Waals surface area contributed by atoms with Gasteiger partial charge in [-0.3, -0.25) is 4.79 Å². The Kier molecular flexibility index (Phi) is 7.12. The van der Waals surface area contributed by atoms with Crippen LogP contribution >= 0.6 is 0 Å². The first kappa shape index (κ1) is 23.8. The molecule has 33 heavy (non-hydrogen) atoms. The van der Waals surface area contributed by atoms with Gasteiger partial charge in [-0.2, -0.15) is 0 Å². The Morgan fingerprint density at radius 2 is 1.70 bits per heavy atom. The molecule has 2 aromatic carbocycles. The van der Waals surface area contributed by atoms with Gasteiger partial charge < -0.3 is 24.1 Å². The van der Waals surface area contributed by atoms with E-state index in [1.54, 1.807) is 0 Å². The smallest absolute Gasteiger partial charge is 0.489 e. The molecule has 7 heteroatoms. The van der Waals surface area contributed by atoms with Crippen molar-refractivity contribution in [1.82, 2.24) is 5.32 Å². The first-order valence-corrected chi connectivity index (χ1v) is 11.8. The van der Waals surface area contributed by atoms with E-state index in [-0.39, 0.29) is 18.4 Å². The van der Waals surface area contributed by atoms with Gasteiger partial charge in [0, 0.05) is 24.8 Å². The van der Waals surface area contributed by atoms with E-state index in [2.05, 4.69) is 5.32 Å². The van der Waals surface area contributed by atoms with Gasteiger partial charge >= 0.3 is 7.12 Å².